The molecule has 0 spiro atoms. The molecule has 1 amide bonds. The number of aliphatic hydroxyl groups is 1. The number of aromatic amines is 1. The molecule has 7 heteroatoms. The van der Waals surface area contributed by atoms with Crippen molar-refractivity contribution in [1.29, 1.82) is 0 Å². The Morgan fingerprint density at radius 2 is 1.72 bits per heavy atom. The maximum absolute atomic E-state index is 13.1. The summed E-state index contributed by atoms with van der Waals surface area (Å²) in [6.45, 7) is 3.52. The summed E-state index contributed by atoms with van der Waals surface area (Å²) in [5.41, 5.74) is 0.0747. The first-order valence-electron chi connectivity index (χ1n) is 9.61. The van der Waals surface area contributed by atoms with Gasteiger partial charge in [0.2, 0.25) is 5.91 Å². The van der Waals surface area contributed by atoms with Crippen molar-refractivity contribution in [2.45, 2.75) is 32.4 Å². The first kappa shape index (κ1) is 20.5. The minimum absolute atomic E-state index is 0.00654. The number of hydrogen-bond donors (Lipinski definition) is 3. The summed E-state index contributed by atoms with van der Waals surface area (Å²) in [6, 6.07) is 14.4. The predicted octanol–water partition coefficient (Wildman–Crippen LogP) is 1.61. The number of aromatic nitrogens is 2. The van der Waals surface area contributed by atoms with Crippen molar-refractivity contribution in [3.8, 4) is 0 Å². The lowest BCUT2D eigenvalue weighted by molar-refractivity contribution is -0.125. The number of hydrogen-bond acceptors (Lipinski definition) is 4. The van der Waals surface area contributed by atoms with Gasteiger partial charge in [0, 0.05) is 6.42 Å². The van der Waals surface area contributed by atoms with Gasteiger partial charge in [0.15, 0.2) is 0 Å². The molecule has 0 unspecified atom stereocenters. The number of carbonyl (C=O) groups is 1. The molecule has 2 aromatic carbocycles. The predicted molar refractivity (Wildman–Crippen MR) is 112 cm³/mol. The highest BCUT2D eigenvalue weighted by atomic mass is 16.3. The van der Waals surface area contributed by atoms with E-state index in [1.807, 2.05) is 44.2 Å². The van der Waals surface area contributed by atoms with E-state index in [1.165, 1.54) is 0 Å². The molecular formula is C22H25N3O4. The second-order valence-electron chi connectivity index (χ2n) is 7.40. The van der Waals surface area contributed by atoms with Gasteiger partial charge in [-0.2, -0.15) is 0 Å². The van der Waals surface area contributed by atoms with Crippen molar-refractivity contribution in [2.75, 3.05) is 6.61 Å². The van der Waals surface area contributed by atoms with Crippen molar-refractivity contribution in [1.82, 2.24) is 14.9 Å². The minimum Gasteiger partial charge on any atom is -0.394 e. The number of fused-ring (bicyclic) bond motifs is 1. The van der Waals surface area contributed by atoms with Gasteiger partial charge in [0.1, 0.15) is 6.04 Å². The molecule has 0 radical (unpaired) electrons. The monoisotopic (exact) mass is 395 g/mol. The van der Waals surface area contributed by atoms with Crippen LogP contribution in [-0.4, -0.2) is 33.2 Å². The van der Waals surface area contributed by atoms with Crippen molar-refractivity contribution in [2.24, 2.45) is 5.92 Å². The largest absolute Gasteiger partial charge is 0.394 e. The summed E-state index contributed by atoms with van der Waals surface area (Å²) in [5, 5.41) is 12.7. The number of aliphatic hydroxyl groups excluding tert-OH is 1. The lowest BCUT2D eigenvalue weighted by atomic mass is 10.0. The number of nitrogens with one attached hydrogen (secondary N) is 2. The maximum Gasteiger partial charge on any atom is 0.329 e. The summed E-state index contributed by atoms with van der Waals surface area (Å²) in [6.07, 6.45) is 0.171. The molecule has 0 aliphatic heterocycles. The van der Waals surface area contributed by atoms with Crippen molar-refractivity contribution >= 4 is 16.8 Å². The summed E-state index contributed by atoms with van der Waals surface area (Å²) in [5.74, 6) is -0.489. The molecule has 1 heterocycles. The average molecular weight is 395 g/mol. The van der Waals surface area contributed by atoms with Crippen LogP contribution >= 0.6 is 0 Å². The van der Waals surface area contributed by atoms with Gasteiger partial charge in [-0.25, -0.2) is 9.36 Å². The molecule has 3 aromatic rings. The number of para-hydroxylation sites is 1. The maximum atomic E-state index is 13.1. The highest BCUT2D eigenvalue weighted by Gasteiger charge is 2.27. The Labute approximate surface area is 168 Å². The van der Waals surface area contributed by atoms with Crippen molar-refractivity contribution in [3.63, 3.8) is 0 Å². The van der Waals surface area contributed by atoms with Crippen LogP contribution in [0.2, 0.25) is 0 Å². The fourth-order valence-electron chi connectivity index (χ4n) is 3.30. The third-order valence-corrected chi connectivity index (χ3v) is 5.05. The molecule has 0 saturated heterocycles. The summed E-state index contributed by atoms with van der Waals surface area (Å²) in [7, 11) is 0. The molecule has 0 fully saturated rings. The Balaban J connectivity index is 2.10. The van der Waals surface area contributed by atoms with Crippen molar-refractivity contribution in [3.05, 3.63) is 81.0 Å². The van der Waals surface area contributed by atoms with E-state index >= 15 is 0 Å². The molecule has 2 atom stereocenters. The molecule has 3 N–H and O–H groups in total. The van der Waals surface area contributed by atoms with E-state index in [0.717, 1.165) is 10.1 Å². The Hall–Kier alpha value is -3.19. The first-order valence-corrected chi connectivity index (χ1v) is 9.61. The van der Waals surface area contributed by atoms with Crippen LogP contribution in [0.1, 0.15) is 25.5 Å². The molecule has 152 valence electrons. The standard InChI is InChI=1S/C22H25N3O4/c1-14(2)18(13-26)23-20(27)19(12-15-8-4-3-5-9-15)25-21(28)16-10-6-7-11-17(16)24-22(25)29/h3-11,14,18-19,26H,12-13H2,1-2H3,(H,23,27)(H,24,29)/t18-,19-/m1/s1. The molecule has 0 bridgehead atoms. The number of amides is 1. The average Bonchev–Trinajstić information content (AvgIpc) is 2.71. The van der Waals surface area contributed by atoms with E-state index in [4.69, 9.17) is 0 Å². The molecule has 7 nitrogen and oxygen atoms in total. The highest BCUT2D eigenvalue weighted by molar-refractivity contribution is 5.82. The SMILES string of the molecule is CC(C)[C@@H](CO)NC(=O)[C@@H](Cc1ccccc1)n1c(=O)[nH]c2ccccc2c1=O. The van der Waals surface area contributed by atoms with Gasteiger partial charge in [-0.1, -0.05) is 56.3 Å². The van der Waals surface area contributed by atoms with E-state index in [-0.39, 0.29) is 18.9 Å². The number of H-pyrrole nitrogens is 1. The van der Waals surface area contributed by atoms with Crippen LogP contribution in [0.25, 0.3) is 10.9 Å². The third kappa shape index (κ3) is 4.46. The van der Waals surface area contributed by atoms with E-state index < -0.39 is 29.2 Å². The Bertz CT molecular complexity index is 1100. The number of benzene rings is 2. The van der Waals surface area contributed by atoms with Crippen molar-refractivity contribution < 1.29 is 9.90 Å². The second-order valence-corrected chi connectivity index (χ2v) is 7.40. The minimum atomic E-state index is -1.05. The quantitative estimate of drug-likeness (QED) is 0.565. The van der Waals surface area contributed by atoms with Crippen LogP contribution in [0.15, 0.2) is 64.2 Å². The zero-order chi connectivity index (χ0) is 21.0. The number of carbonyl (C=O) groups excluding carboxylic acids is 1. The highest BCUT2D eigenvalue weighted by Crippen LogP contribution is 2.14. The summed E-state index contributed by atoms with van der Waals surface area (Å²) < 4.78 is 0.972. The zero-order valence-corrected chi connectivity index (χ0v) is 16.5. The van der Waals surface area contributed by atoms with E-state index in [9.17, 15) is 19.5 Å². The molecule has 3 rings (SSSR count). The smallest absolute Gasteiger partial charge is 0.329 e. The van der Waals surface area contributed by atoms with Crippen LogP contribution in [0.4, 0.5) is 0 Å². The topological polar surface area (TPSA) is 104 Å². The molecular weight excluding hydrogens is 370 g/mol. The van der Waals surface area contributed by atoms with Crippen LogP contribution in [0.3, 0.4) is 0 Å². The molecule has 0 aliphatic rings. The summed E-state index contributed by atoms with van der Waals surface area (Å²) >= 11 is 0. The Morgan fingerprint density at radius 1 is 1.07 bits per heavy atom. The van der Waals surface area contributed by atoms with E-state index in [0.29, 0.717) is 10.9 Å². The number of rotatable bonds is 7. The second kappa shape index (κ2) is 8.87. The van der Waals surface area contributed by atoms with E-state index in [1.54, 1.807) is 24.3 Å². The molecule has 29 heavy (non-hydrogen) atoms. The van der Waals surface area contributed by atoms with Gasteiger partial charge < -0.3 is 15.4 Å². The fraction of sp³-hybridized carbons (Fsp3) is 0.318. The Morgan fingerprint density at radius 3 is 2.38 bits per heavy atom. The summed E-state index contributed by atoms with van der Waals surface area (Å²) in [4.78, 5) is 41.7. The third-order valence-electron chi connectivity index (χ3n) is 5.05. The van der Waals surface area contributed by atoms with E-state index in [2.05, 4.69) is 10.3 Å². The van der Waals surface area contributed by atoms with Gasteiger partial charge in [-0.3, -0.25) is 9.59 Å². The van der Waals surface area contributed by atoms with Crippen LogP contribution in [-0.2, 0) is 11.2 Å². The van der Waals surface area contributed by atoms with Gasteiger partial charge >= 0.3 is 5.69 Å². The Kier molecular flexibility index (Phi) is 6.29. The fourth-order valence-corrected chi connectivity index (χ4v) is 3.30. The van der Waals surface area contributed by atoms with Crippen LogP contribution < -0.4 is 16.6 Å². The van der Waals surface area contributed by atoms with Crippen LogP contribution in [0.5, 0.6) is 0 Å². The van der Waals surface area contributed by atoms with Gasteiger partial charge in [0.25, 0.3) is 5.56 Å². The first-order chi connectivity index (χ1) is 13.9. The molecule has 0 aliphatic carbocycles. The molecule has 1 aromatic heterocycles. The zero-order valence-electron chi connectivity index (χ0n) is 16.5. The normalized spacial score (nSPS) is 13.4. The van der Waals surface area contributed by atoms with Gasteiger partial charge in [-0.05, 0) is 23.6 Å². The number of nitrogens with zero attached hydrogens (tertiary/aromatic N) is 1. The lowest BCUT2D eigenvalue weighted by Gasteiger charge is -2.25. The lowest BCUT2D eigenvalue weighted by Crippen LogP contribution is -2.49. The van der Waals surface area contributed by atoms with Gasteiger partial charge in [-0.15, -0.1) is 0 Å². The van der Waals surface area contributed by atoms with Crippen LogP contribution in [0, 0.1) is 5.92 Å². The van der Waals surface area contributed by atoms with Gasteiger partial charge in [0.05, 0.1) is 23.6 Å². The molecule has 0 saturated carbocycles.